The molecule has 2 N–H and O–H groups in total. The van der Waals surface area contributed by atoms with Crippen LogP contribution in [-0.2, 0) is 0 Å². The average molecular weight is 274 g/mol. The molecule has 1 atom stereocenters. The molecule has 0 aliphatic rings. The standard InChI is InChI=1S/C16H16ClNO/c1-2-11-18-16(12-3-7-14(17)8-4-12)13-5-9-15(19)10-6-13/h2-10,16,18-19H,1,11H2. The summed E-state index contributed by atoms with van der Waals surface area (Å²) in [4.78, 5) is 0. The molecule has 3 heteroatoms. The van der Waals surface area contributed by atoms with Crippen molar-refractivity contribution in [3.8, 4) is 5.75 Å². The second-order valence-corrected chi connectivity index (χ2v) is 4.71. The molecule has 0 amide bonds. The van der Waals surface area contributed by atoms with Crippen molar-refractivity contribution in [2.45, 2.75) is 6.04 Å². The first-order chi connectivity index (χ1) is 9.20. The summed E-state index contributed by atoms with van der Waals surface area (Å²) in [6.07, 6.45) is 1.82. The summed E-state index contributed by atoms with van der Waals surface area (Å²) in [6, 6.07) is 15.0. The van der Waals surface area contributed by atoms with Crippen LogP contribution in [-0.4, -0.2) is 11.7 Å². The Morgan fingerprint density at radius 2 is 1.58 bits per heavy atom. The van der Waals surface area contributed by atoms with Crippen LogP contribution in [0, 0.1) is 0 Å². The van der Waals surface area contributed by atoms with Gasteiger partial charge in [0.05, 0.1) is 6.04 Å². The summed E-state index contributed by atoms with van der Waals surface area (Å²) in [6.45, 7) is 4.43. The Morgan fingerprint density at radius 1 is 1.05 bits per heavy atom. The summed E-state index contributed by atoms with van der Waals surface area (Å²) in [7, 11) is 0. The number of halogens is 1. The number of phenols is 1. The molecule has 0 aliphatic heterocycles. The third kappa shape index (κ3) is 3.60. The van der Waals surface area contributed by atoms with E-state index in [0.717, 1.165) is 16.1 Å². The Kier molecular flexibility index (Phi) is 4.61. The highest BCUT2D eigenvalue weighted by atomic mass is 35.5. The van der Waals surface area contributed by atoms with Gasteiger partial charge in [0.2, 0.25) is 0 Å². The Labute approximate surface area is 118 Å². The number of hydrogen-bond acceptors (Lipinski definition) is 2. The lowest BCUT2D eigenvalue weighted by molar-refractivity contribution is 0.474. The van der Waals surface area contributed by atoms with E-state index in [1.807, 2.05) is 42.5 Å². The number of rotatable bonds is 5. The van der Waals surface area contributed by atoms with Gasteiger partial charge >= 0.3 is 0 Å². The third-order valence-corrected chi connectivity index (χ3v) is 3.15. The van der Waals surface area contributed by atoms with Gasteiger partial charge in [-0.2, -0.15) is 0 Å². The summed E-state index contributed by atoms with van der Waals surface area (Å²) in [5.74, 6) is 0.266. The van der Waals surface area contributed by atoms with Gasteiger partial charge in [-0.25, -0.2) is 0 Å². The molecule has 2 rings (SSSR count). The van der Waals surface area contributed by atoms with E-state index in [4.69, 9.17) is 11.6 Å². The number of phenolic OH excluding ortho intramolecular Hbond substituents is 1. The second kappa shape index (κ2) is 6.41. The predicted molar refractivity (Wildman–Crippen MR) is 79.6 cm³/mol. The largest absolute Gasteiger partial charge is 0.508 e. The topological polar surface area (TPSA) is 32.3 Å². The molecule has 0 radical (unpaired) electrons. The van der Waals surface area contributed by atoms with E-state index in [1.54, 1.807) is 12.1 Å². The van der Waals surface area contributed by atoms with Gasteiger partial charge in [-0.15, -0.1) is 6.58 Å². The lowest BCUT2D eigenvalue weighted by Gasteiger charge is -2.19. The number of nitrogens with one attached hydrogen (secondary N) is 1. The van der Waals surface area contributed by atoms with Gasteiger partial charge in [0.15, 0.2) is 0 Å². The number of benzene rings is 2. The Balaban J connectivity index is 2.31. The van der Waals surface area contributed by atoms with Crippen molar-refractivity contribution in [2.75, 3.05) is 6.54 Å². The van der Waals surface area contributed by atoms with Gasteiger partial charge in [-0.05, 0) is 35.4 Å². The molecule has 2 aromatic carbocycles. The molecule has 2 aromatic rings. The van der Waals surface area contributed by atoms with Crippen LogP contribution in [0.2, 0.25) is 5.02 Å². The SMILES string of the molecule is C=CCNC(c1ccc(O)cc1)c1ccc(Cl)cc1. The minimum atomic E-state index is 0.0517. The number of aromatic hydroxyl groups is 1. The predicted octanol–water partition coefficient (Wildman–Crippen LogP) is 3.91. The summed E-state index contributed by atoms with van der Waals surface area (Å²) >= 11 is 5.92. The van der Waals surface area contributed by atoms with Crippen LogP contribution < -0.4 is 5.32 Å². The summed E-state index contributed by atoms with van der Waals surface area (Å²) < 4.78 is 0. The molecule has 0 aromatic heterocycles. The molecule has 98 valence electrons. The monoisotopic (exact) mass is 273 g/mol. The molecular formula is C16H16ClNO. The fourth-order valence-corrected chi connectivity index (χ4v) is 2.08. The van der Waals surface area contributed by atoms with Gasteiger partial charge in [-0.1, -0.05) is 41.9 Å². The van der Waals surface area contributed by atoms with Crippen LogP contribution in [0.15, 0.2) is 61.2 Å². The fourth-order valence-electron chi connectivity index (χ4n) is 1.95. The molecule has 19 heavy (non-hydrogen) atoms. The molecule has 0 saturated carbocycles. The maximum Gasteiger partial charge on any atom is 0.115 e. The molecule has 0 heterocycles. The van der Waals surface area contributed by atoms with Gasteiger partial charge < -0.3 is 10.4 Å². The van der Waals surface area contributed by atoms with E-state index in [9.17, 15) is 5.11 Å². The molecule has 0 saturated heterocycles. The molecule has 1 unspecified atom stereocenters. The Morgan fingerprint density at radius 3 is 2.11 bits per heavy atom. The van der Waals surface area contributed by atoms with E-state index in [1.165, 1.54) is 0 Å². The quantitative estimate of drug-likeness (QED) is 0.810. The highest BCUT2D eigenvalue weighted by molar-refractivity contribution is 6.30. The van der Waals surface area contributed by atoms with Crippen molar-refractivity contribution >= 4 is 11.6 Å². The smallest absolute Gasteiger partial charge is 0.115 e. The zero-order chi connectivity index (χ0) is 13.7. The van der Waals surface area contributed by atoms with Crippen LogP contribution in [0.3, 0.4) is 0 Å². The first-order valence-corrected chi connectivity index (χ1v) is 6.47. The second-order valence-electron chi connectivity index (χ2n) is 4.27. The lowest BCUT2D eigenvalue weighted by Crippen LogP contribution is -2.22. The first-order valence-electron chi connectivity index (χ1n) is 6.09. The molecule has 2 nitrogen and oxygen atoms in total. The minimum Gasteiger partial charge on any atom is -0.508 e. The third-order valence-electron chi connectivity index (χ3n) is 2.90. The molecule has 0 aliphatic carbocycles. The van der Waals surface area contributed by atoms with Crippen molar-refractivity contribution < 1.29 is 5.11 Å². The zero-order valence-electron chi connectivity index (χ0n) is 10.5. The van der Waals surface area contributed by atoms with Gasteiger partial charge in [0, 0.05) is 11.6 Å². The van der Waals surface area contributed by atoms with Gasteiger partial charge in [0.25, 0.3) is 0 Å². The Bertz CT molecular complexity index is 488. The van der Waals surface area contributed by atoms with Crippen molar-refractivity contribution in [3.63, 3.8) is 0 Å². The molecule has 0 fully saturated rings. The normalized spacial score (nSPS) is 12.1. The van der Waals surface area contributed by atoms with E-state index in [0.29, 0.717) is 6.54 Å². The first kappa shape index (κ1) is 13.7. The number of hydrogen-bond donors (Lipinski definition) is 2. The van der Waals surface area contributed by atoms with E-state index in [2.05, 4.69) is 11.9 Å². The lowest BCUT2D eigenvalue weighted by atomic mass is 9.98. The van der Waals surface area contributed by atoms with Crippen LogP contribution >= 0.6 is 11.6 Å². The summed E-state index contributed by atoms with van der Waals surface area (Å²) in [5, 5.41) is 13.5. The Hall–Kier alpha value is -1.77. The van der Waals surface area contributed by atoms with E-state index >= 15 is 0 Å². The fraction of sp³-hybridized carbons (Fsp3) is 0.125. The van der Waals surface area contributed by atoms with Crippen molar-refractivity contribution in [1.82, 2.24) is 5.32 Å². The van der Waals surface area contributed by atoms with Crippen LogP contribution in [0.4, 0.5) is 0 Å². The van der Waals surface area contributed by atoms with Gasteiger partial charge in [0.1, 0.15) is 5.75 Å². The van der Waals surface area contributed by atoms with E-state index < -0.39 is 0 Å². The highest BCUT2D eigenvalue weighted by Gasteiger charge is 2.12. The molecule has 0 bridgehead atoms. The van der Waals surface area contributed by atoms with Crippen molar-refractivity contribution in [1.29, 1.82) is 0 Å². The van der Waals surface area contributed by atoms with Gasteiger partial charge in [-0.3, -0.25) is 0 Å². The van der Waals surface area contributed by atoms with Crippen molar-refractivity contribution in [3.05, 3.63) is 77.3 Å². The summed E-state index contributed by atoms with van der Waals surface area (Å²) in [5.41, 5.74) is 2.21. The minimum absolute atomic E-state index is 0.0517. The molecule has 0 spiro atoms. The zero-order valence-corrected chi connectivity index (χ0v) is 11.3. The highest BCUT2D eigenvalue weighted by Crippen LogP contribution is 2.24. The maximum atomic E-state index is 9.37. The van der Waals surface area contributed by atoms with Crippen LogP contribution in [0.25, 0.3) is 0 Å². The average Bonchev–Trinajstić information content (AvgIpc) is 2.43. The van der Waals surface area contributed by atoms with Crippen LogP contribution in [0.1, 0.15) is 17.2 Å². The maximum absolute atomic E-state index is 9.37. The van der Waals surface area contributed by atoms with Crippen LogP contribution in [0.5, 0.6) is 5.75 Å². The molecular weight excluding hydrogens is 258 g/mol. The van der Waals surface area contributed by atoms with E-state index in [-0.39, 0.29) is 11.8 Å². The van der Waals surface area contributed by atoms with Crippen molar-refractivity contribution in [2.24, 2.45) is 0 Å².